The molecule has 0 heterocycles. The Kier molecular flexibility index (Phi) is 6.05. The second-order valence-corrected chi connectivity index (χ2v) is 7.93. The van der Waals surface area contributed by atoms with Gasteiger partial charge >= 0.3 is 0 Å². The van der Waals surface area contributed by atoms with Crippen molar-refractivity contribution >= 4 is 33.2 Å². The molecule has 2 aromatic carbocycles. The second kappa shape index (κ2) is 7.86. The van der Waals surface area contributed by atoms with Gasteiger partial charge in [-0.15, -0.1) is 0 Å². The average molecular weight is 383 g/mol. The first-order valence-corrected chi connectivity index (χ1v) is 9.22. The molecule has 0 aromatic heterocycles. The van der Waals surface area contributed by atoms with Crippen LogP contribution in [0.2, 0.25) is 5.02 Å². The number of carbonyl (C=O) groups excluding carboxylic acids is 1. The van der Waals surface area contributed by atoms with Crippen LogP contribution in [0.4, 0.5) is 5.69 Å². The standard InChI is InChI=1S/C17H19ClN2O4S/c1-12-10-15(8-9-16(12)24-3)25(22,23)20(2)11-17(21)19-14-6-4-13(18)5-7-14/h4-10H,11H2,1-3H3,(H,19,21). The summed E-state index contributed by atoms with van der Waals surface area (Å²) in [6.45, 7) is 1.45. The van der Waals surface area contributed by atoms with Crippen molar-refractivity contribution in [1.29, 1.82) is 0 Å². The van der Waals surface area contributed by atoms with Crippen molar-refractivity contribution in [2.75, 3.05) is 26.0 Å². The van der Waals surface area contributed by atoms with Gasteiger partial charge in [0.2, 0.25) is 15.9 Å². The Bertz CT molecular complexity index is 867. The van der Waals surface area contributed by atoms with Crippen molar-refractivity contribution in [3.05, 3.63) is 53.1 Å². The molecule has 8 heteroatoms. The highest BCUT2D eigenvalue weighted by Crippen LogP contribution is 2.23. The summed E-state index contributed by atoms with van der Waals surface area (Å²) >= 11 is 5.79. The molecule has 0 saturated heterocycles. The first-order valence-electron chi connectivity index (χ1n) is 7.40. The molecule has 0 saturated carbocycles. The second-order valence-electron chi connectivity index (χ2n) is 5.45. The number of hydrogen-bond donors (Lipinski definition) is 1. The molecule has 2 aromatic rings. The van der Waals surface area contributed by atoms with Crippen LogP contribution in [0.15, 0.2) is 47.4 Å². The molecule has 2 rings (SSSR count). The fourth-order valence-electron chi connectivity index (χ4n) is 2.21. The van der Waals surface area contributed by atoms with E-state index in [0.717, 1.165) is 4.31 Å². The van der Waals surface area contributed by atoms with Gasteiger partial charge in [-0.1, -0.05) is 11.6 Å². The van der Waals surface area contributed by atoms with E-state index in [1.54, 1.807) is 37.3 Å². The van der Waals surface area contributed by atoms with Crippen molar-refractivity contribution in [2.45, 2.75) is 11.8 Å². The number of benzene rings is 2. The van der Waals surface area contributed by atoms with Gasteiger partial charge in [-0.3, -0.25) is 4.79 Å². The summed E-state index contributed by atoms with van der Waals surface area (Å²) in [6.07, 6.45) is 0. The summed E-state index contributed by atoms with van der Waals surface area (Å²) in [4.78, 5) is 12.2. The minimum absolute atomic E-state index is 0.104. The van der Waals surface area contributed by atoms with Crippen LogP contribution < -0.4 is 10.1 Å². The van der Waals surface area contributed by atoms with Crippen molar-refractivity contribution in [2.24, 2.45) is 0 Å². The number of anilines is 1. The van der Waals surface area contributed by atoms with Gasteiger partial charge < -0.3 is 10.1 Å². The van der Waals surface area contributed by atoms with Crippen LogP contribution in [-0.2, 0) is 14.8 Å². The minimum atomic E-state index is -3.78. The number of halogens is 1. The van der Waals surface area contributed by atoms with E-state index in [0.29, 0.717) is 22.0 Å². The number of rotatable bonds is 6. The zero-order valence-corrected chi connectivity index (χ0v) is 15.7. The molecule has 0 spiro atoms. The molecule has 0 bridgehead atoms. The van der Waals surface area contributed by atoms with E-state index in [4.69, 9.17) is 16.3 Å². The number of amides is 1. The third-order valence-electron chi connectivity index (χ3n) is 3.57. The van der Waals surface area contributed by atoms with E-state index in [9.17, 15) is 13.2 Å². The number of nitrogens with zero attached hydrogens (tertiary/aromatic N) is 1. The topological polar surface area (TPSA) is 75.7 Å². The van der Waals surface area contributed by atoms with E-state index >= 15 is 0 Å². The van der Waals surface area contributed by atoms with Gasteiger partial charge in [0, 0.05) is 17.8 Å². The molecule has 0 aliphatic rings. The van der Waals surface area contributed by atoms with Gasteiger partial charge in [-0.25, -0.2) is 8.42 Å². The van der Waals surface area contributed by atoms with Crippen LogP contribution in [0.1, 0.15) is 5.56 Å². The van der Waals surface area contributed by atoms with E-state index in [1.807, 2.05) is 0 Å². The lowest BCUT2D eigenvalue weighted by molar-refractivity contribution is -0.116. The van der Waals surface area contributed by atoms with Crippen LogP contribution in [0.25, 0.3) is 0 Å². The number of aryl methyl sites for hydroxylation is 1. The first-order chi connectivity index (χ1) is 11.7. The van der Waals surface area contributed by atoms with E-state index < -0.39 is 15.9 Å². The molecule has 0 aliphatic heterocycles. The zero-order chi connectivity index (χ0) is 18.6. The first kappa shape index (κ1) is 19.2. The number of likely N-dealkylation sites (N-methyl/N-ethyl adjacent to an activating group) is 1. The largest absolute Gasteiger partial charge is 0.496 e. The Morgan fingerprint density at radius 2 is 1.84 bits per heavy atom. The Balaban J connectivity index is 2.10. The Labute approximate surface area is 152 Å². The smallest absolute Gasteiger partial charge is 0.243 e. The number of ether oxygens (including phenoxy) is 1. The molecule has 0 unspecified atom stereocenters. The highest BCUT2D eigenvalue weighted by Gasteiger charge is 2.23. The van der Waals surface area contributed by atoms with Crippen LogP contribution >= 0.6 is 11.6 Å². The molecule has 134 valence electrons. The highest BCUT2D eigenvalue weighted by atomic mass is 35.5. The van der Waals surface area contributed by atoms with Crippen LogP contribution in [-0.4, -0.2) is 39.3 Å². The van der Waals surface area contributed by atoms with Gasteiger partial charge in [0.15, 0.2) is 0 Å². The molecule has 0 radical (unpaired) electrons. The summed E-state index contributed by atoms with van der Waals surface area (Å²) in [6, 6.07) is 11.1. The monoisotopic (exact) mass is 382 g/mol. The Hall–Kier alpha value is -2.09. The number of sulfonamides is 1. The Morgan fingerprint density at radius 3 is 2.40 bits per heavy atom. The lowest BCUT2D eigenvalue weighted by Gasteiger charge is -2.17. The SMILES string of the molecule is COc1ccc(S(=O)(=O)N(C)CC(=O)Nc2ccc(Cl)cc2)cc1C. The molecule has 1 amide bonds. The van der Waals surface area contributed by atoms with Crippen LogP contribution in [0, 0.1) is 6.92 Å². The average Bonchev–Trinajstić information content (AvgIpc) is 2.56. The number of carbonyl (C=O) groups is 1. The van der Waals surface area contributed by atoms with Crippen molar-refractivity contribution < 1.29 is 17.9 Å². The van der Waals surface area contributed by atoms with E-state index in [-0.39, 0.29) is 11.4 Å². The van der Waals surface area contributed by atoms with Gasteiger partial charge in [-0.2, -0.15) is 4.31 Å². The summed E-state index contributed by atoms with van der Waals surface area (Å²) in [5.74, 6) is 0.153. The van der Waals surface area contributed by atoms with E-state index in [2.05, 4.69) is 5.32 Å². The van der Waals surface area contributed by atoms with Gasteiger partial charge in [0.1, 0.15) is 5.75 Å². The van der Waals surface area contributed by atoms with Crippen molar-refractivity contribution in [3.8, 4) is 5.75 Å². The van der Waals surface area contributed by atoms with Crippen molar-refractivity contribution in [1.82, 2.24) is 4.31 Å². The summed E-state index contributed by atoms with van der Waals surface area (Å²) in [5, 5.41) is 3.18. The zero-order valence-electron chi connectivity index (χ0n) is 14.1. The van der Waals surface area contributed by atoms with Crippen LogP contribution in [0.3, 0.4) is 0 Å². The molecule has 0 aliphatic carbocycles. The number of nitrogens with one attached hydrogen (secondary N) is 1. The summed E-state index contributed by atoms with van der Waals surface area (Å²) < 4.78 is 31.3. The summed E-state index contributed by atoms with van der Waals surface area (Å²) in [7, 11) is -0.910. The Morgan fingerprint density at radius 1 is 1.20 bits per heavy atom. The fraction of sp³-hybridized carbons (Fsp3) is 0.235. The van der Waals surface area contributed by atoms with Crippen LogP contribution in [0.5, 0.6) is 5.75 Å². The molecular weight excluding hydrogens is 364 g/mol. The third-order valence-corrected chi connectivity index (χ3v) is 5.62. The molecule has 6 nitrogen and oxygen atoms in total. The molecule has 0 atom stereocenters. The van der Waals surface area contributed by atoms with Gasteiger partial charge in [-0.05, 0) is 55.0 Å². The number of hydrogen-bond acceptors (Lipinski definition) is 4. The fourth-order valence-corrected chi connectivity index (χ4v) is 3.55. The van der Waals surface area contributed by atoms with Gasteiger partial charge in [0.25, 0.3) is 0 Å². The van der Waals surface area contributed by atoms with Crippen molar-refractivity contribution in [3.63, 3.8) is 0 Å². The molecule has 1 N–H and O–H groups in total. The maximum Gasteiger partial charge on any atom is 0.243 e. The quantitative estimate of drug-likeness (QED) is 0.833. The number of methoxy groups -OCH3 is 1. The molecule has 0 fully saturated rings. The maximum absolute atomic E-state index is 12.6. The lowest BCUT2D eigenvalue weighted by Crippen LogP contribution is -2.35. The molecule has 25 heavy (non-hydrogen) atoms. The molecular formula is C17H19ClN2O4S. The normalized spacial score (nSPS) is 11.4. The van der Waals surface area contributed by atoms with E-state index in [1.165, 1.54) is 26.3 Å². The lowest BCUT2D eigenvalue weighted by atomic mass is 10.2. The maximum atomic E-state index is 12.6. The predicted octanol–water partition coefficient (Wildman–Crippen LogP) is 2.92. The van der Waals surface area contributed by atoms with Gasteiger partial charge in [0.05, 0.1) is 18.6 Å². The minimum Gasteiger partial charge on any atom is -0.496 e. The third kappa shape index (κ3) is 4.72. The summed E-state index contributed by atoms with van der Waals surface area (Å²) in [5.41, 5.74) is 1.24. The predicted molar refractivity (Wildman–Crippen MR) is 97.6 cm³/mol. The highest BCUT2D eigenvalue weighted by molar-refractivity contribution is 7.89.